The number of hydrogen-bond acceptors (Lipinski definition) is 15. The zero-order valence-electron chi connectivity index (χ0n) is 72.2. The highest BCUT2D eigenvalue weighted by Gasteiger charge is 2.64. The van der Waals surface area contributed by atoms with Gasteiger partial charge in [0.25, 0.3) is 0 Å². The van der Waals surface area contributed by atoms with Gasteiger partial charge in [-0.2, -0.15) is 0 Å². The Kier molecular flexibility index (Phi) is 23.6. The van der Waals surface area contributed by atoms with Gasteiger partial charge >= 0.3 is 0 Å². The summed E-state index contributed by atoms with van der Waals surface area (Å²) < 4.78 is 0. The lowest BCUT2D eigenvalue weighted by atomic mass is 9.49. The molecule has 15 heteroatoms. The summed E-state index contributed by atoms with van der Waals surface area (Å²) >= 11 is 0. The average molecular weight is 1590 g/mol. The standard InChI is InChI=1S/C26H37NO2.3C25H36N2O2/c1-25(29)12-10-19-17(16-25)6-7-21-20(19)11-13-26(2)22(21)8-9-23(26)24(28)15-18-5-3-4-14-27-18;1-24(29)10-7-18-16(14-24)3-4-20-19(18)8-11-25(2)21(20)5-6-22(25)23(28)13-17-9-12-26-15-27-17;1-24(29)9-7-18-17(12-24)3-4-20-19(18)8-10-25(2)21(20)5-6-22(25)23(28)11-16-13-26-15-27-14-16;1-24(29)9-7-18-16(14-24)3-4-20-19(18)8-10-25(2)21(20)5-6-22(25)23(28)13-17-15-26-11-12-27-17/h3-5,14,17,19-23,29H,6-13,15-16H2,1-2H3;9,12,15-16,18-22,29H,3-8,10-11,13-14H2,1-2H3;13-15,17-22,29H,3-12H2,1-2H3;11-12,15-16,18-22,29H,3-10,13-14H2,1-2H3/t17-,19+,20-,21-,22+,23-,25-,26+;16-,18+,19-,20-,21+,22-,24-,25+;17-,18+,19-,20-,21+,22-,24-,25+;16-,18+,19-,20-,21+,22-,24-,25+/m1111/s1. The third kappa shape index (κ3) is 16.3. The van der Waals surface area contributed by atoms with Gasteiger partial charge in [-0.15, -0.1) is 0 Å². The smallest absolute Gasteiger partial charge is 0.142 e. The maximum absolute atomic E-state index is 13.3. The van der Waals surface area contributed by atoms with E-state index in [0.717, 1.165) is 200 Å². The number of pyridine rings is 1. The van der Waals surface area contributed by atoms with Crippen molar-refractivity contribution in [1.29, 1.82) is 0 Å². The second-order valence-corrected chi connectivity index (χ2v) is 44.9. The number of ketones is 4. The predicted molar refractivity (Wildman–Crippen MR) is 450 cm³/mol. The summed E-state index contributed by atoms with van der Waals surface area (Å²) in [5.41, 5.74) is 2.52. The molecule has 0 spiro atoms. The predicted octanol–water partition coefficient (Wildman–Crippen LogP) is 19.0. The molecule has 16 fully saturated rings. The van der Waals surface area contributed by atoms with Gasteiger partial charge in [-0.25, -0.2) is 19.9 Å². The minimum absolute atomic E-state index is 0.174. The molecule has 4 heterocycles. The van der Waals surface area contributed by atoms with Gasteiger partial charge < -0.3 is 20.4 Å². The Hall–Kier alpha value is -5.09. The average Bonchev–Trinajstić information content (AvgIpc) is 1.52. The van der Waals surface area contributed by atoms with Crippen LogP contribution in [-0.2, 0) is 44.9 Å². The summed E-state index contributed by atoms with van der Waals surface area (Å²) in [6.07, 6.45) is 59.5. The van der Waals surface area contributed by atoms with Crippen LogP contribution in [0.4, 0.5) is 0 Å². The van der Waals surface area contributed by atoms with Crippen LogP contribution in [0.25, 0.3) is 0 Å². The molecule has 16 saturated carbocycles. The second kappa shape index (κ2) is 33.0. The van der Waals surface area contributed by atoms with Crippen molar-refractivity contribution in [2.45, 2.75) is 335 Å². The maximum atomic E-state index is 13.3. The number of hydrogen-bond donors (Lipinski definition) is 4. The molecule has 0 aromatic carbocycles. The van der Waals surface area contributed by atoms with E-state index in [1.165, 1.54) is 160 Å². The molecule has 16 aliphatic carbocycles. The van der Waals surface area contributed by atoms with Gasteiger partial charge in [0.05, 0.1) is 40.2 Å². The quantitative estimate of drug-likeness (QED) is 0.103. The highest BCUT2D eigenvalue weighted by molar-refractivity contribution is 5.86. The van der Waals surface area contributed by atoms with Crippen molar-refractivity contribution in [2.24, 2.45) is 164 Å². The number of fused-ring (bicyclic) bond motifs is 20. The first-order valence-electron chi connectivity index (χ1n) is 47.6. The molecule has 16 aliphatic rings. The molecule has 0 bridgehead atoms. The third-order valence-electron chi connectivity index (χ3n) is 38.5. The van der Waals surface area contributed by atoms with E-state index in [-0.39, 0.29) is 45.3 Å². The highest BCUT2D eigenvalue weighted by atomic mass is 16.3. The van der Waals surface area contributed by atoms with Crippen LogP contribution in [0.3, 0.4) is 0 Å². The third-order valence-corrected chi connectivity index (χ3v) is 38.5. The molecular weight excluding hydrogens is 1440 g/mol. The number of carbonyl (C=O) groups is 4. The molecule has 632 valence electrons. The Morgan fingerprint density at radius 2 is 0.629 bits per heavy atom. The topological polar surface area (TPSA) is 239 Å². The lowest BCUT2D eigenvalue weighted by molar-refractivity contribution is -0.132. The SMILES string of the molecule is C[C@@]1(O)CC[C@H]2[C@H](CC[C@@H]3[C@@H]2CC[C@]2(C)[C@@H](C(=O)Cc4ccccn4)CC[C@@H]32)C1.C[C@@]1(O)CC[C@H]2[C@H](CC[C@@H]3[C@@H]2CC[C@]2(C)[C@@H](C(=O)Cc4ccncn4)CC[C@@H]32)C1.C[C@@]1(O)CC[C@H]2[C@H](CC[C@@H]3[C@@H]2CC[C@]2(C)[C@@H](C(=O)Cc4cnccn4)CC[C@@H]32)C1.C[C@@]1(O)CC[C@H]2[C@H](CC[C@@H]3[C@@H]2CC[C@]2(C)[C@@H](C(=O)Cc4cncnc4)CC[C@@H]32)C1. The van der Waals surface area contributed by atoms with Crippen LogP contribution in [0.2, 0.25) is 0 Å². The molecule has 15 nitrogen and oxygen atoms in total. The van der Waals surface area contributed by atoms with Crippen molar-refractivity contribution >= 4 is 23.1 Å². The molecule has 0 radical (unpaired) electrons. The van der Waals surface area contributed by atoms with Gasteiger partial charge in [0.2, 0.25) is 0 Å². The molecule has 4 aromatic rings. The molecular formula is C101H145N7O8. The number of aliphatic hydroxyl groups is 4. The number of aromatic nitrogens is 7. The van der Waals surface area contributed by atoms with Gasteiger partial charge in [0, 0.05) is 92.0 Å². The largest absolute Gasteiger partial charge is 0.390 e. The zero-order valence-corrected chi connectivity index (χ0v) is 72.2. The van der Waals surface area contributed by atoms with Crippen LogP contribution in [0, 0.1) is 164 Å². The van der Waals surface area contributed by atoms with E-state index in [0.29, 0.717) is 66.6 Å². The Bertz CT molecular complexity index is 3570. The van der Waals surface area contributed by atoms with Crippen molar-refractivity contribution in [1.82, 2.24) is 34.9 Å². The first kappa shape index (κ1) is 83.2. The first-order valence-corrected chi connectivity index (χ1v) is 47.6. The van der Waals surface area contributed by atoms with Gasteiger partial charge in [-0.3, -0.25) is 34.1 Å². The fourth-order valence-corrected chi connectivity index (χ4v) is 33.4. The van der Waals surface area contributed by atoms with E-state index in [9.17, 15) is 39.6 Å². The first-order chi connectivity index (χ1) is 55.5. The van der Waals surface area contributed by atoms with E-state index in [1.54, 1.807) is 49.7 Å². The summed E-state index contributed by atoms with van der Waals surface area (Å²) in [7, 11) is 0. The Morgan fingerprint density at radius 3 is 0.957 bits per heavy atom. The van der Waals surface area contributed by atoms with Crippen molar-refractivity contribution in [2.75, 3.05) is 0 Å². The lowest BCUT2D eigenvalue weighted by Crippen LogP contribution is -2.51. The molecule has 0 amide bonds. The van der Waals surface area contributed by atoms with Crippen LogP contribution in [0.1, 0.15) is 309 Å². The van der Waals surface area contributed by atoms with Gasteiger partial charge in [0.1, 0.15) is 35.8 Å². The lowest BCUT2D eigenvalue weighted by Gasteiger charge is -2.56. The van der Waals surface area contributed by atoms with Gasteiger partial charge in [0.15, 0.2) is 0 Å². The van der Waals surface area contributed by atoms with Crippen LogP contribution in [0.5, 0.6) is 0 Å². The normalized spacial score (nSPS) is 46.4. The maximum Gasteiger partial charge on any atom is 0.142 e. The van der Waals surface area contributed by atoms with Crippen molar-refractivity contribution in [3.63, 3.8) is 0 Å². The van der Waals surface area contributed by atoms with E-state index >= 15 is 0 Å². The van der Waals surface area contributed by atoms with E-state index in [1.807, 2.05) is 52.0 Å². The monoisotopic (exact) mass is 1580 g/mol. The number of carbonyl (C=O) groups excluding carboxylic acids is 4. The molecule has 20 rings (SSSR count). The van der Waals surface area contributed by atoms with E-state index < -0.39 is 22.4 Å². The Morgan fingerprint density at radius 1 is 0.293 bits per heavy atom. The van der Waals surface area contributed by atoms with Crippen molar-refractivity contribution in [3.05, 3.63) is 103 Å². The fourth-order valence-electron chi connectivity index (χ4n) is 33.4. The number of Topliss-reactive ketones (excluding diaryl/α,β-unsaturated/α-hetero) is 4. The Balaban J connectivity index is 0.000000111. The molecule has 4 N–H and O–H groups in total. The summed E-state index contributed by atoms with van der Waals surface area (Å²) in [5.74, 6) is 18.0. The minimum Gasteiger partial charge on any atom is -0.390 e. The van der Waals surface area contributed by atoms with Crippen molar-refractivity contribution < 1.29 is 39.6 Å². The molecule has 0 unspecified atom stereocenters. The summed E-state index contributed by atoms with van der Waals surface area (Å²) in [6, 6.07) is 7.77. The Labute approximate surface area is 695 Å². The van der Waals surface area contributed by atoms with E-state index in [2.05, 4.69) is 62.6 Å². The van der Waals surface area contributed by atoms with Crippen molar-refractivity contribution in [3.8, 4) is 0 Å². The highest BCUT2D eigenvalue weighted by Crippen LogP contribution is 2.70. The molecule has 4 aromatic heterocycles. The molecule has 32 atom stereocenters. The minimum atomic E-state index is -0.442. The number of rotatable bonds is 12. The van der Waals surface area contributed by atoms with Gasteiger partial charge in [-0.05, 0) is 423 Å². The second-order valence-electron chi connectivity index (χ2n) is 44.9. The molecule has 0 aliphatic heterocycles. The van der Waals surface area contributed by atoms with Crippen LogP contribution >= 0.6 is 0 Å². The molecule has 116 heavy (non-hydrogen) atoms. The number of nitrogens with zero attached hydrogens (tertiary/aromatic N) is 7. The van der Waals surface area contributed by atoms with E-state index in [4.69, 9.17) is 0 Å². The fraction of sp³-hybridized carbons (Fsp3) is 0.792. The summed E-state index contributed by atoms with van der Waals surface area (Å²) in [6.45, 7) is 17.9. The van der Waals surface area contributed by atoms with Gasteiger partial charge in [-0.1, -0.05) is 33.8 Å². The van der Waals surface area contributed by atoms with Crippen LogP contribution in [0.15, 0.2) is 80.3 Å². The van der Waals surface area contributed by atoms with Crippen LogP contribution < -0.4 is 0 Å². The molecule has 0 saturated heterocycles. The summed E-state index contributed by atoms with van der Waals surface area (Å²) in [4.78, 5) is 82.3. The van der Waals surface area contributed by atoms with Crippen LogP contribution in [-0.4, -0.2) is 101 Å². The zero-order chi connectivity index (χ0) is 80.9. The summed E-state index contributed by atoms with van der Waals surface area (Å²) in [5, 5.41) is 42.3.